The first-order chi connectivity index (χ1) is 29.7. The van der Waals surface area contributed by atoms with Crippen molar-refractivity contribution in [2.45, 2.75) is 155 Å². The van der Waals surface area contributed by atoms with Gasteiger partial charge in [0.2, 0.25) is 41.4 Å². The summed E-state index contributed by atoms with van der Waals surface area (Å²) in [5.74, 6) is -6.59. The fourth-order valence-corrected chi connectivity index (χ4v) is 7.95. The Morgan fingerprint density at radius 2 is 1.21 bits per heavy atom. The minimum absolute atomic E-state index is 0.0771. The molecule has 63 heavy (non-hydrogen) atoms. The smallest absolute Gasteiger partial charge is 0.326 e. The number of aliphatic carboxylic acids is 1. The molecule has 2 saturated heterocycles. The van der Waals surface area contributed by atoms with Crippen molar-refractivity contribution in [2.75, 3.05) is 19.7 Å². The second-order valence-corrected chi connectivity index (χ2v) is 17.9. The highest BCUT2D eigenvalue weighted by molar-refractivity contribution is 5.98. The molecule has 0 aromatic heterocycles. The van der Waals surface area contributed by atoms with Crippen LogP contribution in [0.15, 0.2) is 30.3 Å². The number of aliphatic hydroxyl groups excluding tert-OH is 1. The maximum atomic E-state index is 14.1. The van der Waals surface area contributed by atoms with Crippen LogP contribution in [-0.2, 0) is 44.8 Å². The molecular weight excluding hydrogens is 813 g/mol. The number of benzene rings is 1. The van der Waals surface area contributed by atoms with Gasteiger partial charge in [0.05, 0.1) is 12.6 Å². The summed E-state index contributed by atoms with van der Waals surface area (Å²) in [6.07, 6.45) is 2.85. The van der Waals surface area contributed by atoms with Gasteiger partial charge in [-0.1, -0.05) is 98.6 Å². The molecule has 0 bridgehead atoms. The van der Waals surface area contributed by atoms with E-state index < -0.39 is 114 Å². The highest BCUT2D eigenvalue weighted by atomic mass is 16.4. The van der Waals surface area contributed by atoms with Crippen LogP contribution in [0, 0.1) is 23.7 Å². The van der Waals surface area contributed by atoms with Crippen LogP contribution in [0.3, 0.4) is 0 Å². The highest BCUT2D eigenvalue weighted by Crippen LogP contribution is 2.22. The summed E-state index contributed by atoms with van der Waals surface area (Å²) in [5, 5.41) is 33.7. The molecule has 0 spiro atoms. The molecule has 2 aliphatic heterocycles. The maximum absolute atomic E-state index is 14.1. The molecule has 2 fully saturated rings. The quantitative estimate of drug-likeness (QED) is 0.0763. The number of aliphatic hydroxyl groups is 1. The molecule has 0 radical (unpaired) electrons. The van der Waals surface area contributed by atoms with E-state index in [1.54, 1.807) is 45.0 Å². The first kappa shape index (κ1) is 52.2. The number of likely N-dealkylation sites (tertiary alicyclic amines) is 2. The van der Waals surface area contributed by atoms with Crippen LogP contribution in [0.25, 0.3) is 0 Å². The van der Waals surface area contributed by atoms with Gasteiger partial charge in [-0.2, -0.15) is 0 Å². The molecule has 3 rings (SSSR count). The monoisotopic (exact) mass is 885 g/mol. The predicted molar refractivity (Wildman–Crippen MR) is 235 cm³/mol. The topological polar surface area (TPSA) is 270 Å². The van der Waals surface area contributed by atoms with E-state index in [2.05, 4.69) is 26.6 Å². The Hall–Kier alpha value is -5.10. The molecule has 9 N–H and O–H groups in total. The molecule has 0 saturated carbocycles. The van der Waals surface area contributed by atoms with Crippen LogP contribution in [0.4, 0.5) is 0 Å². The minimum atomic E-state index is -1.46. The van der Waals surface area contributed by atoms with Crippen molar-refractivity contribution in [3.63, 3.8) is 0 Å². The molecule has 2 heterocycles. The van der Waals surface area contributed by atoms with Gasteiger partial charge in [-0.3, -0.25) is 33.6 Å². The van der Waals surface area contributed by atoms with Gasteiger partial charge in [0.15, 0.2) is 0 Å². The van der Waals surface area contributed by atoms with E-state index in [0.29, 0.717) is 32.1 Å². The fraction of sp³-hybridized carbons (Fsp3) is 0.689. The summed E-state index contributed by atoms with van der Waals surface area (Å²) < 4.78 is 0. The summed E-state index contributed by atoms with van der Waals surface area (Å²) in [6.45, 7) is 14.1. The van der Waals surface area contributed by atoms with Gasteiger partial charge >= 0.3 is 5.97 Å². The molecule has 7 amide bonds. The number of hydrogen-bond donors (Lipinski definition) is 8. The lowest BCUT2D eigenvalue weighted by atomic mass is 9.95. The molecule has 1 aromatic rings. The third kappa shape index (κ3) is 14.5. The summed E-state index contributed by atoms with van der Waals surface area (Å²) in [6, 6.07) is 0.134. The Kier molecular flexibility index (Phi) is 20.5. The third-order valence-electron chi connectivity index (χ3n) is 12.3. The van der Waals surface area contributed by atoms with Gasteiger partial charge in [0, 0.05) is 19.5 Å². The van der Waals surface area contributed by atoms with Crippen LogP contribution >= 0.6 is 0 Å². The van der Waals surface area contributed by atoms with Crippen molar-refractivity contribution in [2.24, 2.45) is 29.4 Å². The molecule has 352 valence electrons. The number of rotatable bonds is 23. The summed E-state index contributed by atoms with van der Waals surface area (Å²) in [4.78, 5) is 111. The van der Waals surface area contributed by atoms with E-state index in [1.165, 1.54) is 9.80 Å². The molecule has 2 aliphatic rings. The van der Waals surface area contributed by atoms with Crippen LogP contribution in [0.1, 0.15) is 106 Å². The number of nitrogens with one attached hydrogen (secondary N) is 5. The number of carbonyl (C=O) groups excluding carboxylic acids is 7. The zero-order chi connectivity index (χ0) is 47.1. The Labute approximate surface area is 371 Å². The fourth-order valence-electron chi connectivity index (χ4n) is 7.95. The van der Waals surface area contributed by atoms with E-state index in [-0.39, 0.29) is 44.2 Å². The van der Waals surface area contributed by atoms with Crippen LogP contribution < -0.4 is 32.3 Å². The molecule has 18 nitrogen and oxygen atoms in total. The molecule has 0 aliphatic carbocycles. The highest BCUT2D eigenvalue weighted by Gasteiger charge is 2.42. The number of hydrogen-bond acceptors (Lipinski definition) is 10. The number of nitrogens with zero attached hydrogens (tertiary/aromatic N) is 2. The maximum Gasteiger partial charge on any atom is 0.326 e. The number of nitrogens with two attached hydrogens (primary N) is 1. The Morgan fingerprint density at radius 1 is 0.667 bits per heavy atom. The lowest BCUT2D eigenvalue weighted by Gasteiger charge is -2.32. The molecule has 1 aromatic carbocycles. The SMILES string of the molecule is CC[C@H](C)[C@H](N)C(=O)N[C@@H](Cc1ccccc1)C(=O)N[C@@H](CO)C(=O)N1CCC[C@H]1C(=O)N[C@H](C(=O)N[C@@H](CC(C)C)C(=O)N[C@H](C(=O)N1CCC[C@H]1C(=O)O)C(C)C)[C@@H](C)CC. The summed E-state index contributed by atoms with van der Waals surface area (Å²) >= 11 is 0. The lowest BCUT2D eigenvalue weighted by Crippen LogP contribution is -2.61. The predicted octanol–water partition coefficient (Wildman–Crippen LogP) is 0.834. The van der Waals surface area contributed by atoms with E-state index in [1.807, 2.05) is 40.7 Å². The average molecular weight is 885 g/mol. The van der Waals surface area contributed by atoms with Crippen LogP contribution in [0.5, 0.6) is 0 Å². The van der Waals surface area contributed by atoms with Crippen molar-refractivity contribution in [3.8, 4) is 0 Å². The zero-order valence-corrected chi connectivity index (χ0v) is 38.2. The van der Waals surface area contributed by atoms with Crippen molar-refractivity contribution in [1.82, 2.24) is 36.4 Å². The standard InChI is InChI=1S/C45H72N8O10/c1-9-27(7)35(46)41(58)47-31(23-29-16-12-11-13-17-29)38(55)49-32(24-54)43(60)52-20-14-18-33(52)40(57)51-37(28(8)10-2)42(59)48-30(22-25(3)4)39(56)50-36(26(5)6)44(61)53-21-15-19-34(53)45(62)63/h11-13,16-17,25-28,30-37,54H,9-10,14-15,18-24,46H2,1-8H3,(H,47,58)(H,48,59)(H,49,55)(H,50,56)(H,51,57)(H,62,63)/t27-,28-,30-,31-,32-,33-,34-,35-,36-,37-/m0/s1. The van der Waals surface area contributed by atoms with Crippen molar-refractivity contribution in [3.05, 3.63) is 35.9 Å². The summed E-state index contributed by atoms with van der Waals surface area (Å²) in [7, 11) is 0. The average Bonchev–Trinajstić information content (AvgIpc) is 3.96. The van der Waals surface area contributed by atoms with Gasteiger partial charge in [0.25, 0.3) is 0 Å². The second-order valence-electron chi connectivity index (χ2n) is 17.9. The number of carbonyl (C=O) groups is 8. The van der Waals surface area contributed by atoms with Gasteiger partial charge in [-0.15, -0.1) is 0 Å². The van der Waals surface area contributed by atoms with Crippen LogP contribution in [-0.4, -0.2) is 135 Å². The van der Waals surface area contributed by atoms with E-state index in [9.17, 15) is 48.6 Å². The molecule has 18 heteroatoms. The summed E-state index contributed by atoms with van der Waals surface area (Å²) in [5.41, 5.74) is 6.90. The van der Waals surface area contributed by atoms with Gasteiger partial charge in [-0.25, -0.2) is 4.79 Å². The minimum Gasteiger partial charge on any atom is -0.480 e. The van der Waals surface area contributed by atoms with E-state index >= 15 is 0 Å². The first-order valence-corrected chi connectivity index (χ1v) is 22.5. The Morgan fingerprint density at radius 3 is 1.75 bits per heavy atom. The van der Waals surface area contributed by atoms with Gasteiger partial charge < -0.3 is 52.3 Å². The normalized spacial score (nSPS) is 20.1. The van der Waals surface area contributed by atoms with Crippen molar-refractivity contribution < 1.29 is 48.6 Å². The lowest BCUT2D eigenvalue weighted by molar-refractivity contribution is -0.150. The van der Waals surface area contributed by atoms with Crippen molar-refractivity contribution in [1.29, 1.82) is 0 Å². The third-order valence-corrected chi connectivity index (χ3v) is 12.3. The largest absolute Gasteiger partial charge is 0.480 e. The number of amides is 7. The Balaban J connectivity index is 1.77. The molecule has 0 unspecified atom stereocenters. The zero-order valence-electron chi connectivity index (χ0n) is 38.2. The van der Waals surface area contributed by atoms with Gasteiger partial charge in [0.1, 0.15) is 42.3 Å². The van der Waals surface area contributed by atoms with Crippen molar-refractivity contribution >= 4 is 47.3 Å². The van der Waals surface area contributed by atoms with E-state index in [4.69, 9.17) is 5.73 Å². The number of carboxylic acids is 1. The van der Waals surface area contributed by atoms with Gasteiger partial charge in [-0.05, 0) is 61.3 Å². The van der Waals surface area contributed by atoms with Crippen LogP contribution in [0.2, 0.25) is 0 Å². The first-order valence-electron chi connectivity index (χ1n) is 22.5. The number of carboxylic acid groups (broad SMARTS) is 1. The molecule has 10 atom stereocenters. The Bertz CT molecular complexity index is 1740. The molecular formula is C45H72N8O10. The second kappa shape index (κ2) is 24.7. The van der Waals surface area contributed by atoms with E-state index in [0.717, 1.165) is 5.56 Å².